The quantitative estimate of drug-likeness (QED) is 0.231. The van der Waals surface area contributed by atoms with Crippen LogP contribution in [0.25, 0.3) is 21.9 Å². The van der Waals surface area contributed by atoms with E-state index in [-0.39, 0.29) is 0 Å². The van der Waals surface area contributed by atoms with Gasteiger partial charge in [-0.25, -0.2) is 0 Å². The third kappa shape index (κ3) is 3.00. The van der Waals surface area contributed by atoms with Crippen molar-refractivity contribution >= 4 is 56.2 Å². The summed E-state index contributed by atoms with van der Waals surface area (Å²) in [5.41, 5.74) is 2.08. The zero-order valence-electron chi connectivity index (χ0n) is 13.6. The highest BCUT2D eigenvalue weighted by Gasteiger charge is 2.30. The Hall–Kier alpha value is -2.73. The average molecular weight is 478 g/mol. The van der Waals surface area contributed by atoms with Crippen molar-refractivity contribution in [2.45, 2.75) is 6.18 Å². The first kappa shape index (κ1) is 17.7. The number of nitriles is 1. The molecule has 27 heavy (non-hydrogen) atoms. The smallest absolute Gasteiger partial charge is 0.416 e. The van der Waals surface area contributed by atoms with Crippen LogP contribution in [0, 0.1) is 11.3 Å². The van der Waals surface area contributed by atoms with Gasteiger partial charge in [-0.2, -0.15) is 18.4 Å². The number of halogens is 4. The van der Waals surface area contributed by atoms with Gasteiger partial charge in [-0.1, -0.05) is 24.3 Å². The zero-order chi connectivity index (χ0) is 19.2. The zero-order valence-corrected chi connectivity index (χ0v) is 15.7. The highest BCUT2D eigenvalue weighted by atomic mass is 127. The van der Waals surface area contributed by atoms with E-state index in [1.165, 1.54) is 12.1 Å². The second kappa shape index (κ2) is 6.46. The van der Waals surface area contributed by atoms with Crippen LogP contribution in [0.2, 0.25) is 0 Å². The Labute approximate surface area is 166 Å². The van der Waals surface area contributed by atoms with Gasteiger partial charge in [0.25, 0.3) is 0 Å². The van der Waals surface area contributed by atoms with Crippen LogP contribution < -0.4 is 3.11 Å². The van der Waals surface area contributed by atoms with E-state index in [9.17, 15) is 18.4 Å². The summed E-state index contributed by atoms with van der Waals surface area (Å²) in [5.74, 6) is 0. The monoisotopic (exact) mass is 478 g/mol. The van der Waals surface area contributed by atoms with Crippen molar-refractivity contribution in [2.24, 2.45) is 0 Å². The van der Waals surface area contributed by atoms with Crippen LogP contribution in [0.3, 0.4) is 0 Å². The summed E-state index contributed by atoms with van der Waals surface area (Å²) in [6.07, 6.45) is -4.37. The molecule has 7 heteroatoms. The fraction of sp³-hybridized carbons (Fsp3) is 0.0500. The predicted octanol–water partition coefficient (Wildman–Crippen LogP) is 6.96. The van der Waals surface area contributed by atoms with Gasteiger partial charge in [-0.15, -0.1) is 0 Å². The molecule has 0 spiro atoms. The molecule has 0 N–H and O–H groups in total. The number of anilines is 2. The Bertz CT molecular complexity index is 1190. The average Bonchev–Trinajstić information content (AvgIpc) is 3.05. The largest absolute Gasteiger partial charge is 0.452 e. The van der Waals surface area contributed by atoms with Crippen molar-refractivity contribution in [1.29, 1.82) is 5.26 Å². The molecule has 0 bridgehead atoms. The number of hydrogen-bond acceptors (Lipinski definition) is 3. The van der Waals surface area contributed by atoms with Gasteiger partial charge < -0.3 is 4.42 Å². The van der Waals surface area contributed by atoms with Crippen LogP contribution >= 0.6 is 22.9 Å². The number of hydrogen-bond donors (Lipinski definition) is 0. The molecule has 0 unspecified atom stereocenters. The molecule has 4 aromatic rings. The van der Waals surface area contributed by atoms with Crippen LogP contribution in [-0.2, 0) is 6.18 Å². The Morgan fingerprint density at radius 1 is 0.889 bits per heavy atom. The summed E-state index contributed by atoms with van der Waals surface area (Å²) in [7, 11) is 0. The van der Waals surface area contributed by atoms with Gasteiger partial charge in [0.1, 0.15) is 6.07 Å². The minimum absolute atomic E-state index is 0.434. The summed E-state index contributed by atoms with van der Waals surface area (Å²) >= 11 is 2.02. The maximum Gasteiger partial charge on any atom is 0.416 e. The number of fused-ring (bicyclic) bond motifs is 3. The molecule has 0 fully saturated rings. The Balaban J connectivity index is 1.85. The third-order valence-electron chi connectivity index (χ3n) is 4.26. The van der Waals surface area contributed by atoms with Crippen molar-refractivity contribution in [3.05, 3.63) is 71.8 Å². The van der Waals surface area contributed by atoms with Gasteiger partial charge in [0.15, 0.2) is 11.2 Å². The molecule has 3 aromatic carbocycles. The van der Waals surface area contributed by atoms with E-state index in [0.29, 0.717) is 28.1 Å². The molecular formula is C20H10F3IN2O. The SMILES string of the molecule is N#Cc1cccc2c1oc1c(N(I)c3ccc(C(F)(F)F)cc3)cccc12. The second-order valence-corrected chi connectivity index (χ2v) is 6.84. The maximum atomic E-state index is 12.8. The summed E-state index contributed by atoms with van der Waals surface area (Å²) in [4.78, 5) is 0. The van der Waals surface area contributed by atoms with Crippen molar-refractivity contribution in [3.8, 4) is 6.07 Å². The van der Waals surface area contributed by atoms with Crippen molar-refractivity contribution < 1.29 is 17.6 Å². The molecule has 0 amide bonds. The molecule has 0 aliphatic heterocycles. The third-order valence-corrected chi connectivity index (χ3v) is 5.33. The lowest BCUT2D eigenvalue weighted by molar-refractivity contribution is -0.137. The minimum Gasteiger partial charge on any atom is -0.452 e. The van der Waals surface area contributed by atoms with Crippen LogP contribution in [0.1, 0.15) is 11.1 Å². The Morgan fingerprint density at radius 3 is 2.15 bits per heavy atom. The first-order valence-electron chi connectivity index (χ1n) is 7.87. The van der Waals surface area contributed by atoms with E-state index < -0.39 is 11.7 Å². The normalized spacial score (nSPS) is 11.7. The highest BCUT2D eigenvalue weighted by molar-refractivity contribution is 14.1. The Morgan fingerprint density at radius 2 is 1.52 bits per heavy atom. The van der Waals surface area contributed by atoms with Gasteiger partial charge in [-0.05, 0) is 36.4 Å². The fourth-order valence-corrected chi connectivity index (χ4v) is 3.67. The molecule has 4 rings (SSSR count). The second-order valence-electron chi connectivity index (χ2n) is 5.88. The topological polar surface area (TPSA) is 40.2 Å². The van der Waals surface area contributed by atoms with Gasteiger partial charge in [0, 0.05) is 10.8 Å². The van der Waals surface area contributed by atoms with E-state index in [4.69, 9.17) is 4.42 Å². The van der Waals surface area contributed by atoms with Crippen molar-refractivity contribution in [3.63, 3.8) is 0 Å². The van der Waals surface area contributed by atoms with Crippen LogP contribution in [0.15, 0.2) is 65.1 Å². The number of para-hydroxylation sites is 2. The lowest BCUT2D eigenvalue weighted by atomic mass is 10.1. The van der Waals surface area contributed by atoms with E-state index in [2.05, 4.69) is 6.07 Å². The summed E-state index contributed by atoms with van der Waals surface area (Å²) in [6.45, 7) is 0. The van der Waals surface area contributed by atoms with E-state index >= 15 is 0 Å². The van der Waals surface area contributed by atoms with Crippen LogP contribution in [-0.4, -0.2) is 0 Å². The molecule has 0 radical (unpaired) electrons. The molecule has 0 saturated carbocycles. The lowest BCUT2D eigenvalue weighted by Crippen LogP contribution is -2.06. The molecule has 134 valence electrons. The first-order chi connectivity index (χ1) is 12.9. The molecule has 0 aliphatic carbocycles. The van der Waals surface area contributed by atoms with Gasteiger partial charge in [-0.3, -0.25) is 3.11 Å². The first-order valence-corrected chi connectivity index (χ1v) is 8.84. The van der Waals surface area contributed by atoms with Crippen LogP contribution in [0.5, 0.6) is 0 Å². The van der Waals surface area contributed by atoms with Gasteiger partial charge in [0.05, 0.1) is 45.4 Å². The van der Waals surface area contributed by atoms with Crippen molar-refractivity contribution in [2.75, 3.05) is 3.11 Å². The number of rotatable bonds is 2. The summed E-state index contributed by atoms with van der Waals surface area (Å²) in [6, 6.07) is 18.0. The predicted molar refractivity (Wildman–Crippen MR) is 106 cm³/mol. The maximum absolute atomic E-state index is 12.8. The van der Waals surface area contributed by atoms with Crippen molar-refractivity contribution in [1.82, 2.24) is 0 Å². The molecule has 0 aliphatic rings. The fourth-order valence-electron chi connectivity index (χ4n) is 2.97. The molecule has 0 saturated heterocycles. The number of benzene rings is 3. The number of alkyl halides is 3. The summed E-state index contributed by atoms with van der Waals surface area (Å²) in [5, 5.41) is 11.0. The number of nitrogens with zero attached hydrogens (tertiary/aromatic N) is 2. The standard InChI is InChI=1S/C20H10F3IN2O/c21-20(22,23)13-7-9-14(10-8-13)26(24)17-6-2-5-16-15-4-1-3-12(11-25)18(15)27-19(16)17/h1-10H. The van der Waals surface area contributed by atoms with E-state index in [0.717, 1.165) is 22.9 Å². The van der Waals surface area contributed by atoms with E-state index in [1.807, 2.05) is 47.1 Å². The molecule has 3 nitrogen and oxygen atoms in total. The summed E-state index contributed by atoms with van der Waals surface area (Å²) < 4.78 is 46.1. The molecule has 1 aromatic heterocycles. The Kier molecular flexibility index (Phi) is 4.23. The lowest BCUT2D eigenvalue weighted by Gasteiger charge is -2.17. The number of furan rings is 1. The molecular weight excluding hydrogens is 468 g/mol. The molecule has 0 atom stereocenters. The minimum atomic E-state index is -4.37. The van der Waals surface area contributed by atoms with Gasteiger partial charge in [0.2, 0.25) is 0 Å². The molecule has 1 heterocycles. The highest BCUT2D eigenvalue weighted by Crippen LogP contribution is 2.41. The van der Waals surface area contributed by atoms with Crippen LogP contribution in [0.4, 0.5) is 24.5 Å². The van der Waals surface area contributed by atoms with E-state index in [1.54, 1.807) is 15.2 Å². The van der Waals surface area contributed by atoms with Gasteiger partial charge >= 0.3 is 6.18 Å².